The van der Waals surface area contributed by atoms with Crippen molar-refractivity contribution in [2.45, 2.75) is 45.3 Å². The standard InChI is InChI=1S/C14H20O/c1-11(2)13-9-6-10-14(15-13)12-7-4-3-5-8-12/h3-5,7-8,11,13-14H,6,9-10H2,1-2H3. The fourth-order valence-electron chi connectivity index (χ4n) is 2.25. The fraction of sp³-hybridized carbons (Fsp3) is 0.571. The van der Waals surface area contributed by atoms with Crippen molar-refractivity contribution in [2.75, 3.05) is 0 Å². The van der Waals surface area contributed by atoms with Gasteiger partial charge in [-0.25, -0.2) is 0 Å². The molecule has 0 amide bonds. The topological polar surface area (TPSA) is 9.23 Å². The predicted molar refractivity (Wildman–Crippen MR) is 62.7 cm³/mol. The highest BCUT2D eigenvalue weighted by Crippen LogP contribution is 2.33. The van der Waals surface area contributed by atoms with Crippen molar-refractivity contribution in [3.05, 3.63) is 35.9 Å². The first-order chi connectivity index (χ1) is 7.27. The highest BCUT2D eigenvalue weighted by molar-refractivity contribution is 5.17. The van der Waals surface area contributed by atoms with Crippen LogP contribution in [0.1, 0.15) is 44.8 Å². The summed E-state index contributed by atoms with van der Waals surface area (Å²) in [5.41, 5.74) is 1.34. The molecule has 0 aromatic heterocycles. The van der Waals surface area contributed by atoms with E-state index >= 15 is 0 Å². The summed E-state index contributed by atoms with van der Waals surface area (Å²) < 4.78 is 6.13. The highest BCUT2D eigenvalue weighted by atomic mass is 16.5. The minimum absolute atomic E-state index is 0.326. The first kappa shape index (κ1) is 10.7. The van der Waals surface area contributed by atoms with E-state index < -0.39 is 0 Å². The van der Waals surface area contributed by atoms with Gasteiger partial charge in [-0.05, 0) is 30.7 Å². The normalized spacial score (nSPS) is 26.9. The highest BCUT2D eigenvalue weighted by Gasteiger charge is 2.25. The third-order valence-electron chi connectivity index (χ3n) is 3.21. The molecule has 0 aliphatic carbocycles. The Morgan fingerprint density at radius 3 is 2.53 bits per heavy atom. The lowest BCUT2D eigenvalue weighted by molar-refractivity contribution is -0.0726. The van der Waals surface area contributed by atoms with Gasteiger partial charge in [0, 0.05) is 0 Å². The van der Waals surface area contributed by atoms with E-state index in [4.69, 9.17) is 4.74 Å². The van der Waals surface area contributed by atoms with Gasteiger partial charge in [0.05, 0.1) is 12.2 Å². The zero-order valence-corrected chi connectivity index (χ0v) is 9.65. The molecule has 15 heavy (non-hydrogen) atoms. The Kier molecular flexibility index (Phi) is 3.42. The maximum Gasteiger partial charge on any atom is 0.0828 e. The van der Waals surface area contributed by atoms with E-state index in [0.29, 0.717) is 18.1 Å². The summed E-state index contributed by atoms with van der Waals surface area (Å²) in [6.45, 7) is 4.50. The Balaban J connectivity index is 2.05. The molecule has 0 spiro atoms. The van der Waals surface area contributed by atoms with E-state index in [1.807, 2.05) is 0 Å². The minimum Gasteiger partial charge on any atom is -0.370 e. The van der Waals surface area contributed by atoms with Crippen LogP contribution in [0, 0.1) is 5.92 Å². The third-order valence-corrected chi connectivity index (χ3v) is 3.21. The third kappa shape index (κ3) is 2.60. The van der Waals surface area contributed by atoms with Gasteiger partial charge >= 0.3 is 0 Å². The molecule has 2 unspecified atom stereocenters. The molecule has 82 valence electrons. The molecule has 1 aliphatic rings. The summed E-state index contributed by atoms with van der Waals surface area (Å²) in [7, 11) is 0. The van der Waals surface area contributed by atoms with E-state index in [1.54, 1.807) is 0 Å². The Bertz CT molecular complexity index is 291. The number of benzene rings is 1. The second-order valence-electron chi connectivity index (χ2n) is 4.75. The van der Waals surface area contributed by atoms with Crippen LogP contribution in [0.2, 0.25) is 0 Å². The Hall–Kier alpha value is -0.820. The molecule has 0 N–H and O–H groups in total. The van der Waals surface area contributed by atoms with E-state index in [0.717, 1.165) is 0 Å². The molecule has 1 saturated heterocycles. The molecule has 2 rings (SSSR count). The van der Waals surface area contributed by atoms with Gasteiger partial charge in [0.1, 0.15) is 0 Å². The van der Waals surface area contributed by atoms with E-state index in [2.05, 4.69) is 44.2 Å². The maximum absolute atomic E-state index is 6.13. The fourth-order valence-corrected chi connectivity index (χ4v) is 2.25. The van der Waals surface area contributed by atoms with Crippen LogP contribution in [0.25, 0.3) is 0 Å². The van der Waals surface area contributed by atoms with Crippen molar-refractivity contribution in [3.8, 4) is 0 Å². The summed E-state index contributed by atoms with van der Waals surface area (Å²) in [6, 6.07) is 10.6. The van der Waals surface area contributed by atoms with Gasteiger partial charge < -0.3 is 4.74 Å². The summed E-state index contributed by atoms with van der Waals surface area (Å²) in [5.74, 6) is 0.636. The van der Waals surface area contributed by atoms with Gasteiger partial charge in [-0.2, -0.15) is 0 Å². The molecule has 0 saturated carbocycles. The molecule has 1 heterocycles. The van der Waals surface area contributed by atoms with Crippen LogP contribution < -0.4 is 0 Å². The summed E-state index contributed by atoms with van der Waals surface area (Å²) in [6.07, 6.45) is 4.47. The Morgan fingerprint density at radius 2 is 1.87 bits per heavy atom. The Labute approximate surface area is 92.5 Å². The van der Waals surface area contributed by atoms with Crippen LogP contribution in [0.5, 0.6) is 0 Å². The van der Waals surface area contributed by atoms with Crippen molar-refractivity contribution in [3.63, 3.8) is 0 Å². The second-order valence-corrected chi connectivity index (χ2v) is 4.75. The van der Waals surface area contributed by atoms with Crippen molar-refractivity contribution in [1.29, 1.82) is 0 Å². The second kappa shape index (κ2) is 4.80. The largest absolute Gasteiger partial charge is 0.370 e. The zero-order chi connectivity index (χ0) is 10.7. The molecule has 0 radical (unpaired) electrons. The van der Waals surface area contributed by atoms with E-state index in [9.17, 15) is 0 Å². The lowest BCUT2D eigenvalue weighted by Gasteiger charge is -2.32. The number of hydrogen-bond acceptors (Lipinski definition) is 1. The van der Waals surface area contributed by atoms with Crippen molar-refractivity contribution < 1.29 is 4.74 Å². The quantitative estimate of drug-likeness (QED) is 0.708. The van der Waals surface area contributed by atoms with Crippen molar-refractivity contribution >= 4 is 0 Å². The molecule has 2 atom stereocenters. The number of hydrogen-bond donors (Lipinski definition) is 0. The van der Waals surface area contributed by atoms with Gasteiger partial charge in [-0.3, -0.25) is 0 Å². The van der Waals surface area contributed by atoms with Gasteiger partial charge in [-0.15, -0.1) is 0 Å². The minimum atomic E-state index is 0.326. The molecule has 1 heteroatoms. The van der Waals surface area contributed by atoms with Gasteiger partial charge in [0.2, 0.25) is 0 Å². The lowest BCUT2D eigenvalue weighted by Crippen LogP contribution is -2.26. The number of rotatable bonds is 2. The molecular weight excluding hydrogens is 184 g/mol. The van der Waals surface area contributed by atoms with E-state index in [-0.39, 0.29) is 0 Å². The SMILES string of the molecule is CC(C)C1CCCC(c2ccccc2)O1. The van der Waals surface area contributed by atoms with Crippen molar-refractivity contribution in [1.82, 2.24) is 0 Å². The summed E-state index contributed by atoms with van der Waals surface area (Å²) in [5, 5.41) is 0. The molecule has 0 bridgehead atoms. The average Bonchev–Trinajstić information content (AvgIpc) is 2.30. The molecule has 1 aromatic carbocycles. The van der Waals surface area contributed by atoms with Gasteiger partial charge in [0.25, 0.3) is 0 Å². The monoisotopic (exact) mass is 204 g/mol. The smallest absolute Gasteiger partial charge is 0.0828 e. The molecule has 1 fully saturated rings. The van der Waals surface area contributed by atoms with Gasteiger partial charge in [-0.1, -0.05) is 44.2 Å². The first-order valence-corrected chi connectivity index (χ1v) is 5.98. The summed E-state index contributed by atoms with van der Waals surface area (Å²) >= 11 is 0. The molecule has 1 aliphatic heterocycles. The van der Waals surface area contributed by atoms with Crippen LogP contribution in [-0.4, -0.2) is 6.10 Å². The van der Waals surface area contributed by atoms with Gasteiger partial charge in [0.15, 0.2) is 0 Å². The maximum atomic E-state index is 6.13. The van der Waals surface area contributed by atoms with Crippen LogP contribution in [0.15, 0.2) is 30.3 Å². The van der Waals surface area contributed by atoms with Crippen LogP contribution >= 0.6 is 0 Å². The molecular formula is C14H20O. The van der Waals surface area contributed by atoms with Crippen LogP contribution in [0.3, 0.4) is 0 Å². The molecule has 1 aromatic rings. The first-order valence-electron chi connectivity index (χ1n) is 5.98. The number of ether oxygens (including phenoxy) is 1. The molecule has 1 nitrogen and oxygen atoms in total. The zero-order valence-electron chi connectivity index (χ0n) is 9.65. The average molecular weight is 204 g/mol. The Morgan fingerprint density at radius 1 is 1.13 bits per heavy atom. The van der Waals surface area contributed by atoms with E-state index in [1.165, 1.54) is 24.8 Å². The van der Waals surface area contributed by atoms with Crippen molar-refractivity contribution in [2.24, 2.45) is 5.92 Å². The van der Waals surface area contributed by atoms with Crippen LogP contribution in [0.4, 0.5) is 0 Å². The predicted octanol–water partition coefficient (Wildman–Crippen LogP) is 3.95. The lowest BCUT2D eigenvalue weighted by atomic mass is 9.93. The summed E-state index contributed by atoms with van der Waals surface area (Å²) in [4.78, 5) is 0. The van der Waals surface area contributed by atoms with Crippen LogP contribution in [-0.2, 0) is 4.74 Å².